The van der Waals surface area contributed by atoms with Gasteiger partial charge in [-0.25, -0.2) is 9.97 Å². The van der Waals surface area contributed by atoms with Gasteiger partial charge in [-0.05, 0) is 39.5 Å². The van der Waals surface area contributed by atoms with Gasteiger partial charge in [0.2, 0.25) is 5.16 Å². The van der Waals surface area contributed by atoms with Crippen LogP contribution in [-0.4, -0.2) is 24.6 Å². The summed E-state index contributed by atoms with van der Waals surface area (Å²) in [5, 5.41) is 9.89. The summed E-state index contributed by atoms with van der Waals surface area (Å²) in [6.07, 6.45) is 2.46. The minimum atomic E-state index is -0.102. The smallest absolute Gasteiger partial charge is 0.258 e. The molecule has 0 aromatic carbocycles. The van der Waals surface area contributed by atoms with Crippen molar-refractivity contribution in [1.29, 1.82) is 0 Å². The Bertz CT molecular complexity index is 1070. The summed E-state index contributed by atoms with van der Waals surface area (Å²) in [5.74, 6) is 1.37. The fourth-order valence-corrected chi connectivity index (χ4v) is 4.09. The Balaban J connectivity index is 1.48. The van der Waals surface area contributed by atoms with Gasteiger partial charge < -0.3 is 0 Å². The van der Waals surface area contributed by atoms with Crippen LogP contribution in [0.25, 0.3) is 5.65 Å². The summed E-state index contributed by atoms with van der Waals surface area (Å²) >= 11 is 6.51. The lowest BCUT2D eigenvalue weighted by atomic mass is 10.3. The maximum Gasteiger partial charge on any atom is 0.258 e. The Hall–Kier alpha value is -1.97. The average Bonchev–Trinajstić information content (AvgIpc) is 3.26. The van der Waals surface area contributed by atoms with Gasteiger partial charge in [0.25, 0.3) is 5.56 Å². The van der Waals surface area contributed by atoms with Crippen LogP contribution in [0.4, 0.5) is 0 Å². The Labute approximate surface area is 159 Å². The predicted molar refractivity (Wildman–Crippen MR) is 102 cm³/mol. The van der Waals surface area contributed by atoms with Gasteiger partial charge in [-0.15, -0.1) is 16.4 Å². The number of aromatic nitrogens is 5. The van der Waals surface area contributed by atoms with E-state index in [0.29, 0.717) is 22.3 Å². The van der Waals surface area contributed by atoms with E-state index in [-0.39, 0.29) is 5.56 Å². The second-order valence-electron chi connectivity index (χ2n) is 5.27. The zero-order valence-corrected chi connectivity index (χ0v) is 16.1. The first-order valence-electron chi connectivity index (χ1n) is 7.42. The minimum Gasteiger partial charge on any atom is -0.269 e. The highest BCUT2D eigenvalue weighted by molar-refractivity contribution is 9.10. The molecule has 0 aliphatic carbocycles. The van der Waals surface area contributed by atoms with Gasteiger partial charge in [-0.2, -0.15) is 0 Å². The summed E-state index contributed by atoms with van der Waals surface area (Å²) in [4.78, 5) is 22.4. The molecule has 0 aliphatic rings. The SMILES string of the molecule is O=c1cc(CSc2n[nH]c(Cc3cccs3)n2)nc2ccc(Br)cn12. The summed E-state index contributed by atoms with van der Waals surface area (Å²) in [5.41, 5.74) is 1.23. The maximum atomic E-state index is 12.2. The standard InChI is InChI=1S/C16H12BrN5OS2/c17-10-3-4-14-18-11(6-15(23)22(14)8-10)9-25-16-19-13(20-21-16)7-12-2-1-5-24-12/h1-6,8H,7,9H2,(H,19,20,21). The van der Waals surface area contributed by atoms with E-state index in [9.17, 15) is 4.79 Å². The van der Waals surface area contributed by atoms with E-state index in [2.05, 4.69) is 42.2 Å². The second-order valence-corrected chi connectivity index (χ2v) is 8.16. The predicted octanol–water partition coefficient (Wildman–Crippen LogP) is 3.52. The molecule has 0 spiro atoms. The van der Waals surface area contributed by atoms with Gasteiger partial charge in [0.15, 0.2) is 0 Å². The van der Waals surface area contributed by atoms with Crippen LogP contribution in [0.3, 0.4) is 0 Å². The van der Waals surface area contributed by atoms with E-state index < -0.39 is 0 Å². The van der Waals surface area contributed by atoms with Crippen LogP contribution < -0.4 is 5.56 Å². The third kappa shape index (κ3) is 3.83. The van der Waals surface area contributed by atoms with Crippen LogP contribution >= 0.6 is 39.0 Å². The topological polar surface area (TPSA) is 75.9 Å². The monoisotopic (exact) mass is 433 g/mol. The Kier molecular flexibility index (Phi) is 4.69. The van der Waals surface area contributed by atoms with Crippen molar-refractivity contribution in [3.63, 3.8) is 0 Å². The lowest BCUT2D eigenvalue weighted by Crippen LogP contribution is -2.15. The molecule has 0 fully saturated rings. The number of nitrogens with one attached hydrogen (secondary N) is 1. The molecule has 0 saturated carbocycles. The number of pyridine rings is 1. The largest absolute Gasteiger partial charge is 0.269 e. The Morgan fingerprint density at radius 3 is 3.04 bits per heavy atom. The van der Waals surface area contributed by atoms with Crippen molar-refractivity contribution in [2.24, 2.45) is 0 Å². The number of thioether (sulfide) groups is 1. The molecule has 0 radical (unpaired) electrons. The summed E-state index contributed by atoms with van der Waals surface area (Å²) < 4.78 is 2.36. The highest BCUT2D eigenvalue weighted by atomic mass is 79.9. The zero-order valence-electron chi connectivity index (χ0n) is 12.8. The highest BCUT2D eigenvalue weighted by Crippen LogP contribution is 2.19. The van der Waals surface area contributed by atoms with Gasteiger partial charge >= 0.3 is 0 Å². The number of halogens is 1. The lowest BCUT2D eigenvalue weighted by molar-refractivity contribution is 0.957. The molecule has 9 heteroatoms. The summed E-state index contributed by atoms with van der Waals surface area (Å²) in [6, 6.07) is 9.32. The van der Waals surface area contributed by atoms with Crippen LogP contribution in [0.1, 0.15) is 16.4 Å². The van der Waals surface area contributed by atoms with Gasteiger partial charge in [0, 0.05) is 33.8 Å². The van der Waals surface area contributed by atoms with Crippen molar-refractivity contribution in [1.82, 2.24) is 24.6 Å². The number of aromatic amines is 1. The highest BCUT2D eigenvalue weighted by Gasteiger charge is 2.08. The first-order valence-corrected chi connectivity index (χ1v) is 10.1. The van der Waals surface area contributed by atoms with E-state index in [1.807, 2.05) is 23.6 Å². The summed E-state index contributed by atoms with van der Waals surface area (Å²) in [6.45, 7) is 0. The number of thiophene rings is 1. The van der Waals surface area contributed by atoms with Crippen molar-refractivity contribution in [3.8, 4) is 0 Å². The molecule has 4 heterocycles. The molecule has 6 nitrogen and oxygen atoms in total. The quantitative estimate of drug-likeness (QED) is 0.487. The van der Waals surface area contributed by atoms with Crippen LogP contribution in [0.15, 0.2) is 56.3 Å². The van der Waals surface area contributed by atoms with Gasteiger partial charge in [0.1, 0.15) is 11.5 Å². The summed E-state index contributed by atoms with van der Waals surface area (Å²) in [7, 11) is 0. The molecule has 0 atom stereocenters. The number of fused-ring (bicyclic) bond motifs is 1. The minimum absolute atomic E-state index is 0.102. The molecular formula is C16H12BrN5OS2. The normalized spacial score (nSPS) is 11.2. The van der Waals surface area contributed by atoms with Crippen LogP contribution in [-0.2, 0) is 12.2 Å². The lowest BCUT2D eigenvalue weighted by Gasteiger charge is -2.03. The third-order valence-corrected chi connectivity index (χ3v) is 5.69. The third-order valence-electron chi connectivity index (χ3n) is 3.46. The van der Waals surface area contributed by atoms with E-state index in [0.717, 1.165) is 16.7 Å². The average molecular weight is 434 g/mol. The fraction of sp³-hybridized carbons (Fsp3) is 0.125. The van der Waals surface area contributed by atoms with Crippen molar-refractivity contribution < 1.29 is 0 Å². The second kappa shape index (κ2) is 7.11. The molecule has 4 rings (SSSR count). The molecular weight excluding hydrogens is 422 g/mol. The van der Waals surface area contributed by atoms with Gasteiger partial charge in [-0.1, -0.05) is 17.8 Å². The molecule has 25 heavy (non-hydrogen) atoms. The molecule has 0 amide bonds. The zero-order chi connectivity index (χ0) is 17.2. The molecule has 4 aromatic rings. The van der Waals surface area contributed by atoms with E-state index in [1.54, 1.807) is 23.6 Å². The van der Waals surface area contributed by atoms with E-state index in [4.69, 9.17) is 0 Å². The number of H-pyrrole nitrogens is 1. The van der Waals surface area contributed by atoms with Gasteiger partial charge in [-0.3, -0.25) is 14.3 Å². The van der Waals surface area contributed by atoms with Crippen molar-refractivity contribution in [2.45, 2.75) is 17.3 Å². The molecule has 126 valence electrons. The Morgan fingerprint density at radius 2 is 2.20 bits per heavy atom. The fourth-order valence-electron chi connectivity index (χ4n) is 2.34. The Morgan fingerprint density at radius 1 is 1.28 bits per heavy atom. The van der Waals surface area contributed by atoms with Crippen LogP contribution in [0.5, 0.6) is 0 Å². The number of hydrogen-bond donors (Lipinski definition) is 1. The van der Waals surface area contributed by atoms with Crippen LogP contribution in [0, 0.1) is 0 Å². The molecule has 0 unspecified atom stereocenters. The van der Waals surface area contributed by atoms with Crippen molar-refractivity contribution in [3.05, 3.63) is 73.1 Å². The van der Waals surface area contributed by atoms with E-state index >= 15 is 0 Å². The molecule has 0 bridgehead atoms. The number of rotatable bonds is 5. The first-order chi connectivity index (χ1) is 12.2. The maximum absolute atomic E-state index is 12.2. The molecule has 0 saturated heterocycles. The van der Waals surface area contributed by atoms with Gasteiger partial charge in [0.05, 0.1) is 5.69 Å². The first kappa shape index (κ1) is 16.5. The number of nitrogens with zero attached hydrogens (tertiary/aromatic N) is 4. The number of hydrogen-bond acceptors (Lipinski definition) is 6. The molecule has 0 aliphatic heterocycles. The van der Waals surface area contributed by atoms with E-state index in [1.165, 1.54) is 21.0 Å². The molecule has 4 aromatic heterocycles. The van der Waals surface area contributed by atoms with Crippen LogP contribution in [0.2, 0.25) is 0 Å². The van der Waals surface area contributed by atoms with Crippen molar-refractivity contribution >= 4 is 44.7 Å². The molecule has 1 N–H and O–H groups in total. The van der Waals surface area contributed by atoms with Crippen molar-refractivity contribution in [2.75, 3.05) is 0 Å².